The molecular weight excluding hydrogens is 228 g/mol. The lowest BCUT2D eigenvalue weighted by Gasteiger charge is -2.22. The lowest BCUT2D eigenvalue weighted by atomic mass is 10.1. The summed E-state index contributed by atoms with van der Waals surface area (Å²) in [6.07, 6.45) is 9.60. The highest BCUT2D eigenvalue weighted by Gasteiger charge is 2.12. The van der Waals surface area contributed by atoms with E-state index in [4.69, 9.17) is 14.6 Å². The molecule has 0 amide bonds. The van der Waals surface area contributed by atoms with E-state index in [-0.39, 0.29) is 12.9 Å². The van der Waals surface area contributed by atoms with Crippen LogP contribution in [-0.2, 0) is 9.47 Å². The van der Waals surface area contributed by atoms with E-state index < -0.39 is 0 Å². The Labute approximate surface area is 110 Å². The molecule has 0 aromatic rings. The molecule has 1 heterocycles. The largest absolute Gasteiger partial charge is 0.392 e. The second kappa shape index (κ2) is 9.31. The third kappa shape index (κ3) is 6.94. The van der Waals surface area contributed by atoms with Crippen LogP contribution in [0.3, 0.4) is 0 Å². The molecule has 1 aliphatic rings. The maximum Gasteiger partial charge on any atom is 0.157 e. The molecule has 1 saturated heterocycles. The van der Waals surface area contributed by atoms with Crippen molar-refractivity contribution in [3.8, 4) is 0 Å². The molecule has 18 heavy (non-hydrogen) atoms. The van der Waals surface area contributed by atoms with Crippen molar-refractivity contribution in [1.82, 2.24) is 0 Å². The zero-order valence-corrected chi connectivity index (χ0v) is 11.7. The highest BCUT2D eigenvalue weighted by Crippen LogP contribution is 2.14. The molecule has 3 heteroatoms. The molecule has 0 radical (unpaired) electrons. The van der Waals surface area contributed by atoms with Gasteiger partial charge >= 0.3 is 0 Å². The third-order valence-electron chi connectivity index (χ3n) is 3.13. The molecule has 0 aliphatic carbocycles. The van der Waals surface area contributed by atoms with E-state index in [9.17, 15) is 0 Å². The van der Waals surface area contributed by atoms with Gasteiger partial charge in [0, 0.05) is 6.61 Å². The molecule has 1 fully saturated rings. The Hall–Kier alpha value is -0.640. The molecule has 3 nitrogen and oxygen atoms in total. The molecule has 0 aromatic carbocycles. The first kappa shape index (κ1) is 15.4. The molecule has 1 unspecified atom stereocenters. The summed E-state index contributed by atoms with van der Waals surface area (Å²) in [6, 6.07) is 0. The molecule has 104 valence electrons. The van der Waals surface area contributed by atoms with Gasteiger partial charge in [-0.2, -0.15) is 0 Å². The summed E-state index contributed by atoms with van der Waals surface area (Å²) in [4.78, 5) is 0. The highest BCUT2D eigenvalue weighted by atomic mass is 16.7. The van der Waals surface area contributed by atoms with Crippen molar-refractivity contribution in [1.29, 1.82) is 0 Å². The quantitative estimate of drug-likeness (QED) is 0.709. The van der Waals surface area contributed by atoms with E-state index in [1.807, 2.05) is 6.92 Å². The monoisotopic (exact) mass is 254 g/mol. The van der Waals surface area contributed by atoms with Crippen molar-refractivity contribution in [3.05, 3.63) is 23.3 Å². The summed E-state index contributed by atoms with van der Waals surface area (Å²) < 4.78 is 11.1. The number of aliphatic hydroxyl groups is 1. The van der Waals surface area contributed by atoms with Gasteiger partial charge in [0.2, 0.25) is 0 Å². The van der Waals surface area contributed by atoms with Crippen LogP contribution < -0.4 is 0 Å². The number of hydrogen-bond donors (Lipinski definition) is 1. The fourth-order valence-electron chi connectivity index (χ4n) is 1.85. The first-order chi connectivity index (χ1) is 8.72. The van der Waals surface area contributed by atoms with Crippen LogP contribution in [0.25, 0.3) is 0 Å². The summed E-state index contributed by atoms with van der Waals surface area (Å²) in [7, 11) is 0. The highest BCUT2D eigenvalue weighted by molar-refractivity contribution is 5.03. The van der Waals surface area contributed by atoms with Crippen LogP contribution in [0.2, 0.25) is 0 Å². The maximum absolute atomic E-state index is 8.87. The second-order valence-electron chi connectivity index (χ2n) is 4.93. The van der Waals surface area contributed by atoms with Gasteiger partial charge in [0.05, 0.1) is 13.2 Å². The standard InChI is InChI=1S/C15H26O3/c1-13(6-5-7-14(2)12-16)9-11-18-15-8-3-4-10-17-15/h7,9,15-16H,3-6,8,10-12H2,1-2H3/b13-9-,14-7+. The molecule has 0 aromatic heterocycles. The van der Waals surface area contributed by atoms with Gasteiger partial charge in [-0.05, 0) is 46.0 Å². The zero-order valence-electron chi connectivity index (χ0n) is 11.7. The van der Waals surface area contributed by atoms with Crippen molar-refractivity contribution in [3.63, 3.8) is 0 Å². The van der Waals surface area contributed by atoms with Crippen LogP contribution >= 0.6 is 0 Å². The first-order valence-corrected chi connectivity index (χ1v) is 6.87. The van der Waals surface area contributed by atoms with Gasteiger partial charge < -0.3 is 14.6 Å². The average molecular weight is 254 g/mol. The van der Waals surface area contributed by atoms with Crippen molar-refractivity contribution < 1.29 is 14.6 Å². The first-order valence-electron chi connectivity index (χ1n) is 6.87. The predicted octanol–water partition coefficient (Wildman–Crippen LogP) is 3.19. The second-order valence-corrected chi connectivity index (χ2v) is 4.93. The molecule has 0 bridgehead atoms. The Morgan fingerprint density at radius 1 is 1.28 bits per heavy atom. The van der Waals surface area contributed by atoms with Gasteiger partial charge in [0.1, 0.15) is 0 Å². The van der Waals surface area contributed by atoms with Crippen LogP contribution in [0.5, 0.6) is 0 Å². The minimum absolute atomic E-state index is 0.000621. The summed E-state index contributed by atoms with van der Waals surface area (Å²) in [5.41, 5.74) is 2.36. The predicted molar refractivity (Wildman–Crippen MR) is 73.4 cm³/mol. The minimum atomic E-state index is -0.000621. The van der Waals surface area contributed by atoms with Crippen LogP contribution in [0.4, 0.5) is 0 Å². The van der Waals surface area contributed by atoms with Gasteiger partial charge in [0.25, 0.3) is 0 Å². The van der Waals surface area contributed by atoms with Gasteiger partial charge in [0.15, 0.2) is 6.29 Å². The van der Waals surface area contributed by atoms with Crippen molar-refractivity contribution in [2.24, 2.45) is 0 Å². The molecule has 1 N–H and O–H groups in total. The summed E-state index contributed by atoms with van der Waals surface area (Å²) >= 11 is 0. The van der Waals surface area contributed by atoms with Crippen LogP contribution in [-0.4, -0.2) is 31.2 Å². The summed E-state index contributed by atoms with van der Waals surface area (Å²) in [5, 5.41) is 8.87. The van der Waals surface area contributed by atoms with E-state index in [0.717, 1.165) is 37.9 Å². The normalized spacial score (nSPS) is 22.3. The Balaban J connectivity index is 2.12. The summed E-state index contributed by atoms with van der Waals surface area (Å²) in [5.74, 6) is 0. The van der Waals surface area contributed by atoms with Gasteiger partial charge in [-0.1, -0.05) is 23.3 Å². The fourth-order valence-corrected chi connectivity index (χ4v) is 1.85. The number of hydrogen-bond acceptors (Lipinski definition) is 3. The van der Waals surface area contributed by atoms with E-state index in [1.165, 1.54) is 12.0 Å². The maximum atomic E-state index is 8.87. The van der Waals surface area contributed by atoms with E-state index >= 15 is 0 Å². The van der Waals surface area contributed by atoms with Crippen LogP contribution in [0, 0.1) is 0 Å². The lowest BCUT2D eigenvalue weighted by Crippen LogP contribution is -2.22. The van der Waals surface area contributed by atoms with Crippen molar-refractivity contribution in [2.75, 3.05) is 19.8 Å². The Morgan fingerprint density at radius 2 is 2.11 bits per heavy atom. The van der Waals surface area contributed by atoms with E-state index in [0.29, 0.717) is 6.61 Å². The minimum Gasteiger partial charge on any atom is -0.392 e. The van der Waals surface area contributed by atoms with Crippen molar-refractivity contribution >= 4 is 0 Å². The number of rotatable bonds is 7. The lowest BCUT2D eigenvalue weighted by molar-refractivity contribution is -0.155. The Bertz CT molecular complexity index is 275. The topological polar surface area (TPSA) is 38.7 Å². The SMILES string of the molecule is C/C(=C/COC1CCCCO1)CC/C=C(\C)CO. The molecular formula is C15H26O3. The van der Waals surface area contributed by atoms with Crippen LogP contribution in [0.1, 0.15) is 46.0 Å². The molecule has 0 spiro atoms. The molecule has 1 aliphatic heterocycles. The smallest absolute Gasteiger partial charge is 0.157 e. The van der Waals surface area contributed by atoms with E-state index in [1.54, 1.807) is 0 Å². The molecule has 0 saturated carbocycles. The molecule has 1 atom stereocenters. The zero-order chi connectivity index (χ0) is 13.2. The number of allylic oxidation sites excluding steroid dienone is 2. The Morgan fingerprint density at radius 3 is 2.78 bits per heavy atom. The van der Waals surface area contributed by atoms with E-state index in [2.05, 4.69) is 19.1 Å². The molecule has 1 rings (SSSR count). The van der Waals surface area contributed by atoms with Crippen molar-refractivity contribution in [2.45, 2.75) is 52.2 Å². The van der Waals surface area contributed by atoms with Gasteiger partial charge in [-0.15, -0.1) is 0 Å². The fraction of sp³-hybridized carbons (Fsp3) is 0.733. The van der Waals surface area contributed by atoms with Gasteiger partial charge in [-0.3, -0.25) is 0 Å². The van der Waals surface area contributed by atoms with Crippen LogP contribution in [0.15, 0.2) is 23.3 Å². The van der Waals surface area contributed by atoms with Gasteiger partial charge in [-0.25, -0.2) is 0 Å². The number of ether oxygens (including phenoxy) is 2. The summed E-state index contributed by atoms with van der Waals surface area (Å²) in [6.45, 7) is 5.69. The Kier molecular flexibility index (Phi) is 7.98. The number of aliphatic hydroxyl groups excluding tert-OH is 1. The average Bonchev–Trinajstić information content (AvgIpc) is 2.39. The third-order valence-corrected chi connectivity index (χ3v) is 3.13.